The molecule has 40 heavy (non-hydrogen) atoms. The molecule has 10 nitrogen and oxygen atoms in total. The van der Waals surface area contributed by atoms with Crippen molar-refractivity contribution in [3.8, 4) is 22.6 Å². The molecule has 0 atom stereocenters. The van der Waals surface area contributed by atoms with Crippen LogP contribution in [-0.2, 0) is 19.1 Å². The Balaban J connectivity index is 2.22. The van der Waals surface area contributed by atoms with Gasteiger partial charge in [-0.15, -0.1) is 0 Å². The smallest absolute Gasteiger partial charge is 0.258 e. The van der Waals surface area contributed by atoms with Crippen molar-refractivity contribution in [1.82, 2.24) is 10.6 Å². The van der Waals surface area contributed by atoms with E-state index in [1.54, 1.807) is 0 Å². The maximum absolute atomic E-state index is 12.3. The van der Waals surface area contributed by atoms with Crippen molar-refractivity contribution in [3.05, 3.63) is 33.6 Å². The van der Waals surface area contributed by atoms with E-state index >= 15 is 0 Å². The van der Waals surface area contributed by atoms with Crippen molar-refractivity contribution in [3.63, 3.8) is 0 Å². The maximum Gasteiger partial charge on any atom is 0.258 e. The van der Waals surface area contributed by atoms with Gasteiger partial charge in [-0.1, -0.05) is 0 Å². The number of benzene rings is 2. The van der Waals surface area contributed by atoms with E-state index in [1.807, 2.05) is 12.1 Å². The Labute approximate surface area is 314 Å². The minimum absolute atomic E-state index is 0.0625. The van der Waals surface area contributed by atoms with Crippen LogP contribution in [0.1, 0.15) is 0 Å². The van der Waals surface area contributed by atoms with Crippen LogP contribution in [0.25, 0.3) is 11.1 Å². The first-order valence-corrected chi connectivity index (χ1v) is 18.1. The summed E-state index contributed by atoms with van der Waals surface area (Å²) in [5.41, 5.74) is 1.91. The lowest BCUT2D eigenvalue weighted by molar-refractivity contribution is -0.124. The number of nitrogens with one attached hydrogen (secondary N) is 2. The summed E-state index contributed by atoms with van der Waals surface area (Å²) in [6, 6.07) is 4.01. The fourth-order valence-corrected chi connectivity index (χ4v) is 11.5. The van der Waals surface area contributed by atoms with Gasteiger partial charge in [0, 0.05) is 31.4 Å². The molecule has 0 heterocycles. The second-order valence-electron chi connectivity index (χ2n) is 7.67. The van der Waals surface area contributed by atoms with Crippen molar-refractivity contribution >= 4 is 147 Å². The molecule has 0 aliphatic rings. The van der Waals surface area contributed by atoms with Gasteiger partial charge in [-0.05, 0) is 148 Å². The van der Waals surface area contributed by atoms with E-state index in [9.17, 15) is 9.59 Å². The molecule has 0 radical (unpaired) electrons. The topological polar surface area (TPSA) is 136 Å². The van der Waals surface area contributed by atoms with Crippen LogP contribution in [0.3, 0.4) is 0 Å². The van der Waals surface area contributed by atoms with E-state index in [4.69, 9.17) is 29.2 Å². The lowest BCUT2D eigenvalue weighted by Gasteiger charge is -2.20. The fourth-order valence-electron chi connectivity index (χ4n) is 3.10. The molecule has 2 aromatic rings. The summed E-state index contributed by atoms with van der Waals surface area (Å²) in [6.45, 7) is 1.30. The third-order valence-corrected chi connectivity index (χ3v) is 10.2. The lowest BCUT2D eigenvalue weighted by Crippen LogP contribution is -2.32. The van der Waals surface area contributed by atoms with E-state index in [0.29, 0.717) is 37.8 Å². The van der Waals surface area contributed by atoms with Crippen molar-refractivity contribution in [1.29, 1.82) is 0 Å². The molecule has 0 aliphatic carbocycles. The highest BCUT2D eigenvalue weighted by Gasteiger charge is 2.24. The highest BCUT2D eigenvalue weighted by Crippen LogP contribution is 2.45. The summed E-state index contributed by atoms with van der Waals surface area (Å²) in [5, 5.41) is 23.0. The molecule has 0 saturated heterocycles. The minimum atomic E-state index is -0.272. The number of carbonyl (C=O) groups excluding carboxylic acids is 2. The molecule has 2 aromatic carbocycles. The average molecular weight is 1230 g/mol. The predicted molar refractivity (Wildman–Crippen MR) is 201 cm³/mol. The van der Waals surface area contributed by atoms with Gasteiger partial charge in [-0.2, -0.15) is 0 Å². The third-order valence-electron chi connectivity index (χ3n) is 4.81. The largest absolute Gasteiger partial charge is 0.482 e. The predicted octanol–water partition coefficient (Wildman–Crippen LogP) is 3.99. The highest BCUT2D eigenvalue weighted by atomic mass is 127. The van der Waals surface area contributed by atoms with Crippen LogP contribution in [0.5, 0.6) is 11.5 Å². The lowest BCUT2D eigenvalue weighted by atomic mass is 10.1. The van der Waals surface area contributed by atoms with E-state index < -0.39 is 0 Å². The number of aliphatic hydroxyl groups is 2. The molecule has 0 unspecified atom stereocenters. The normalized spacial score (nSPS) is 10.9. The van der Waals surface area contributed by atoms with E-state index in [0.717, 1.165) is 32.5 Å². The zero-order valence-corrected chi connectivity index (χ0v) is 33.8. The van der Waals surface area contributed by atoms with Crippen molar-refractivity contribution in [2.75, 3.05) is 65.9 Å². The summed E-state index contributed by atoms with van der Waals surface area (Å²) >= 11 is 13.5. The molecule has 16 heteroatoms. The Morgan fingerprint density at radius 2 is 1.00 bits per heavy atom. The van der Waals surface area contributed by atoms with Crippen LogP contribution in [0.15, 0.2) is 12.1 Å². The zero-order valence-electron chi connectivity index (χ0n) is 20.8. The molecule has 0 spiro atoms. The molecular formula is C24H26I6N2O8. The number of rotatable bonds is 17. The number of hydrogen-bond acceptors (Lipinski definition) is 8. The van der Waals surface area contributed by atoms with Crippen LogP contribution in [0.4, 0.5) is 0 Å². The van der Waals surface area contributed by atoms with Gasteiger partial charge in [0.2, 0.25) is 0 Å². The van der Waals surface area contributed by atoms with Gasteiger partial charge in [0.05, 0.1) is 53.9 Å². The first-order chi connectivity index (χ1) is 19.1. The quantitative estimate of drug-likeness (QED) is 0.138. The second-order valence-corrected chi connectivity index (χ2v) is 14.5. The van der Waals surface area contributed by atoms with Gasteiger partial charge in [-0.25, -0.2) is 0 Å². The van der Waals surface area contributed by atoms with Crippen LogP contribution >= 0.6 is 136 Å². The molecule has 2 rings (SSSR count). The molecular weight excluding hydrogens is 1210 g/mol. The SMILES string of the molecule is O=C(COc1c(I)cc(I)c(-c2c(I)cc(I)c(OCC(=O)NCCOCCO)c2I)c1I)NCCOCCO. The summed E-state index contributed by atoms with van der Waals surface area (Å²) in [6.07, 6.45) is 0. The van der Waals surface area contributed by atoms with Gasteiger partial charge < -0.3 is 39.8 Å². The van der Waals surface area contributed by atoms with Crippen LogP contribution in [0.2, 0.25) is 0 Å². The zero-order chi connectivity index (χ0) is 29.7. The van der Waals surface area contributed by atoms with Gasteiger partial charge in [0.25, 0.3) is 11.8 Å². The fraction of sp³-hybridized carbons (Fsp3) is 0.417. The van der Waals surface area contributed by atoms with Crippen molar-refractivity contribution < 1.29 is 38.7 Å². The molecule has 4 N–H and O–H groups in total. The Kier molecular flexibility index (Phi) is 18.9. The number of amides is 2. The van der Waals surface area contributed by atoms with Gasteiger partial charge in [-0.3, -0.25) is 9.59 Å². The second kappa shape index (κ2) is 20.3. The molecule has 2 amide bonds. The van der Waals surface area contributed by atoms with Gasteiger partial charge in [0.1, 0.15) is 11.5 Å². The summed E-state index contributed by atoms with van der Waals surface area (Å²) in [4.78, 5) is 24.6. The standard InChI is InChI=1S/C24H26I6N2O8/c25-13-9-15(27)23(39-11-17(35)31-1-5-37-7-3-33)21(29)19(13)20-14(26)10-16(28)24(22(20)30)40-12-18(36)32-2-6-38-8-4-34/h9-10,33-34H,1-8,11-12H2,(H,31,35)(H,32,36). The number of carbonyl (C=O) groups is 2. The van der Waals surface area contributed by atoms with Crippen molar-refractivity contribution in [2.45, 2.75) is 0 Å². The van der Waals surface area contributed by atoms with Gasteiger partial charge in [0.15, 0.2) is 13.2 Å². The van der Waals surface area contributed by atoms with Crippen LogP contribution in [-0.4, -0.2) is 88.0 Å². The molecule has 0 aromatic heterocycles. The molecule has 0 aliphatic heterocycles. The van der Waals surface area contributed by atoms with Crippen LogP contribution in [0, 0.1) is 21.4 Å². The van der Waals surface area contributed by atoms with E-state index in [1.165, 1.54) is 0 Å². The summed E-state index contributed by atoms with van der Waals surface area (Å²) in [7, 11) is 0. The molecule has 0 bridgehead atoms. The Bertz CT molecular complexity index is 1080. The summed E-state index contributed by atoms with van der Waals surface area (Å²) < 4.78 is 27.7. The highest BCUT2D eigenvalue weighted by molar-refractivity contribution is 14.1. The number of ether oxygens (including phenoxy) is 4. The maximum atomic E-state index is 12.3. The number of halogens is 6. The van der Waals surface area contributed by atoms with Gasteiger partial charge >= 0.3 is 0 Å². The minimum Gasteiger partial charge on any atom is -0.482 e. The van der Waals surface area contributed by atoms with Crippen LogP contribution < -0.4 is 20.1 Å². The summed E-state index contributed by atoms with van der Waals surface area (Å²) in [5.74, 6) is 0.677. The first kappa shape index (κ1) is 37.4. The van der Waals surface area contributed by atoms with E-state index in [2.05, 4.69) is 146 Å². The Hall–Kier alpha value is 1.20. The third kappa shape index (κ3) is 11.9. The molecule has 222 valence electrons. The van der Waals surface area contributed by atoms with E-state index in [-0.39, 0.29) is 51.5 Å². The average Bonchev–Trinajstić information content (AvgIpc) is 2.89. The Morgan fingerprint density at radius 1 is 0.625 bits per heavy atom. The molecule has 0 saturated carbocycles. The number of hydrogen-bond donors (Lipinski definition) is 4. The van der Waals surface area contributed by atoms with Crippen molar-refractivity contribution in [2.24, 2.45) is 0 Å². The Morgan fingerprint density at radius 3 is 1.35 bits per heavy atom. The number of aliphatic hydroxyl groups excluding tert-OH is 2. The monoisotopic (exact) mass is 1230 g/mol. The first-order valence-electron chi connectivity index (χ1n) is 11.6. The molecule has 0 fully saturated rings.